The first-order valence-corrected chi connectivity index (χ1v) is 4.94. The molecule has 0 aliphatic rings. The van der Waals surface area contributed by atoms with Gasteiger partial charge in [0.05, 0.1) is 0 Å². The molecule has 0 unspecified atom stereocenters. The molecular weight excluding hydrogens is 213 g/mol. The Hall–Kier alpha value is -0.431. The van der Waals surface area contributed by atoms with E-state index in [1.165, 1.54) is 9.98 Å². The molecule has 1 rings (SSSR count). The maximum atomic E-state index is 5.47. The first-order chi connectivity index (χ1) is 5.83. The van der Waals surface area contributed by atoms with E-state index in [-0.39, 0.29) is 0 Å². The Labute approximate surface area is 81.3 Å². The number of aryl methyl sites for hydroxylation is 1. The van der Waals surface area contributed by atoms with Crippen LogP contribution in [0.15, 0.2) is 30.3 Å². The summed E-state index contributed by atoms with van der Waals surface area (Å²) in [6.07, 6.45) is 2.14. The fourth-order valence-corrected chi connectivity index (χ4v) is 1.24. The van der Waals surface area contributed by atoms with Crippen LogP contribution >= 0.6 is 0 Å². The van der Waals surface area contributed by atoms with Gasteiger partial charge in [0.25, 0.3) is 0 Å². The standard InChI is InChI=1S/C10H13NSe/c11-8-10(12)7-6-9-4-2-1-3-5-9/h1-5H,6-8,11H2. The number of hydrogen-bond acceptors (Lipinski definition) is 1. The second kappa shape index (κ2) is 5.26. The van der Waals surface area contributed by atoms with Gasteiger partial charge in [-0.3, -0.25) is 0 Å². The summed E-state index contributed by atoms with van der Waals surface area (Å²) in [5.74, 6) is 0. The molecule has 0 aliphatic carbocycles. The molecule has 0 saturated carbocycles. The number of hydrogen-bond donors (Lipinski definition) is 1. The summed E-state index contributed by atoms with van der Waals surface area (Å²) in [4.78, 5) is 0. The van der Waals surface area contributed by atoms with Crippen LogP contribution in [-0.4, -0.2) is 26.5 Å². The van der Waals surface area contributed by atoms with Gasteiger partial charge in [-0.25, -0.2) is 0 Å². The molecule has 0 bridgehead atoms. The molecule has 1 aromatic carbocycles. The molecule has 2 N–H and O–H groups in total. The molecule has 0 atom stereocenters. The van der Waals surface area contributed by atoms with Crippen LogP contribution < -0.4 is 5.73 Å². The summed E-state index contributed by atoms with van der Waals surface area (Å²) in [6, 6.07) is 10.5. The molecule has 0 saturated heterocycles. The zero-order chi connectivity index (χ0) is 8.81. The minimum absolute atomic E-state index is 0.660. The van der Waals surface area contributed by atoms with E-state index in [9.17, 15) is 0 Å². The third-order valence-corrected chi connectivity index (χ3v) is 2.54. The molecule has 64 valence electrons. The van der Waals surface area contributed by atoms with Crippen LogP contribution in [0, 0.1) is 0 Å². The first kappa shape index (κ1) is 9.66. The van der Waals surface area contributed by atoms with Gasteiger partial charge in [0.1, 0.15) is 0 Å². The number of benzene rings is 1. The average molecular weight is 226 g/mol. The summed E-state index contributed by atoms with van der Waals surface area (Å²) in [7, 11) is 0. The van der Waals surface area contributed by atoms with Crippen LogP contribution in [0.2, 0.25) is 0 Å². The van der Waals surface area contributed by atoms with E-state index in [4.69, 9.17) is 5.73 Å². The molecule has 0 aromatic heterocycles. The Morgan fingerprint density at radius 2 is 1.92 bits per heavy atom. The van der Waals surface area contributed by atoms with Crippen LogP contribution in [0.5, 0.6) is 0 Å². The van der Waals surface area contributed by atoms with E-state index >= 15 is 0 Å². The Morgan fingerprint density at radius 1 is 1.25 bits per heavy atom. The fraction of sp³-hybridized carbons (Fsp3) is 0.300. The predicted molar refractivity (Wildman–Crippen MR) is 54.6 cm³/mol. The van der Waals surface area contributed by atoms with E-state index in [1.54, 1.807) is 0 Å². The fourth-order valence-electron chi connectivity index (χ4n) is 1.03. The molecule has 1 aromatic rings. The van der Waals surface area contributed by atoms with E-state index in [0.29, 0.717) is 6.54 Å². The topological polar surface area (TPSA) is 26.0 Å². The molecule has 0 amide bonds. The summed E-state index contributed by atoms with van der Waals surface area (Å²) in [5.41, 5.74) is 6.84. The van der Waals surface area contributed by atoms with Gasteiger partial charge < -0.3 is 0 Å². The van der Waals surface area contributed by atoms with Crippen molar-refractivity contribution in [1.29, 1.82) is 0 Å². The Kier molecular flexibility index (Phi) is 4.23. The van der Waals surface area contributed by atoms with Gasteiger partial charge >= 0.3 is 81.0 Å². The molecule has 0 fully saturated rings. The van der Waals surface area contributed by atoms with Crippen LogP contribution in [-0.2, 0) is 6.42 Å². The molecule has 0 radical (unpaired) electrons. The summed E-state index contributed by atoms with van der Waals surface area (Å²) >= 11 is 2.99. The van der Waals surface area contributed by atoms with Crippen molar-refractivity contribution in [2.75, 3.05) is 6.54 Å². The number of rotatable bonds is 4. The van der Waals surface area contributed by atoms with E-state index < -0.39 is 0 Å². The van der Waals surface area contributed by atoms with Crippen molar-refractivity contribution in [2.45, 2.75) is 12.8 Å². The molecule has 0 heterocycles. The third kappa shape index (κ3) is 3.31. The SMILES string of the molecule is NCC(=[Se])CCc1ccccc1. The van der Waals surface area contributed by atoms with Crippen molar-refractivity contribution in [3.05, 3.63) is 35.9 Å². The zero-order valence-corrected chi connectivity index (χ0v) is 8.71. The van der Waals surface area contributed by atoms with Crippen molar-refractivity contribution in [2.24, 2.45) is 5.73 Å². The van der Waals surface area contributed by atoms with Crippen molar-refractivity contribution in [3.63, 3.8) is 0 Å². The van der Waals surface area contributed by atoms with Gasteiger partial charge in [-0.1, -0.05) is 0 Å². The van der Waals surface area contributed by atoms with E-state index in [1.807, 2.05) is 6.07 Å². The number of nitrogens with two attached hydrogens (primary N) is 1. The van der Waals surface area contributed by atoms with Crippen LogP contribution in [0.3, 0.4) is 0 Å². The van der Waals surface area contributed by atoms with Crippen molar-refractivity contribution in [1.82, 2.24) is 0 Å². The van der Waals surface area contributed by atoms with Gasteiger partial charge in [-0.2, -0.15) is 0 Å². The van der Waals surface area contributed by atoms with Gasteiger partial charge in [0.15, 0.2) is 0 Å². The molecule has 1 nitrogen and oxygen atoms in total. The quantitative estimate of drug-likeness (QED) is 0.759. The van der Waals surface area contributed by atoms with Crippen LogP contribution in [0.25, 0.3) is 0 Å². The first-order valence-electron chi connectivity index (χ1n) is 4.08. The molecule has 2 heteroatoms. The average Bonchev–Trinajstić information content (AvgIpc) is 2.16. The van der Waals surface area contributed by atoms with Gasteiger partial charge in [-0.15, -0.1) is 0 Å². The van der Waals surface area contributed by atoms with Crippen LogP contribution in [0.4, 0.5) is 0 Å². The maximum absolute atomic E-state index is 5.47. The normalized spacial score (nSPS) is 9.75. The predicted octanol–water partition coefficient (Wildman–Crippen LogP) is 0.919. The second-order valence-electron chi connectivity index (χ2n) is 2.73. The second-order valence-corrected chi connectivity index (χ2v) is 3.94. The Bertz CT molecular complexity index is 243. The van der Waals surface area contributed by atoms with E-state index in [2.05, 4.69) is 39.8 Å². The minimum atomic E-state index is 0.660. The third-order valence-electron chi connectivity index (χ3n) is 1.76. The van der Waals surface area contributed by atoms with Crippen molar-refractivity contribution in [3.8, 4) is 0 Å². The van der Waals surface area contributed by atoms with Gasteiger partial charge in [-0.05, 0) is 0 Å². The molecule has 0 spiro atoms. The molecule has 12 heavy (non-hydrogen) atoms. The van der Waals surface area contributed by atoms with Crippen LogP contribution in [0.1, 0.15) is 12.0 Å². The zero-order valence-electron chi connectivity index (χ0n) is 6.99. The summed E-state index contributed by atoms with van der Waals surface area (Å²) < 4.78 is 1.25. The van der Waals surface area contributed by atoms with Gasteiger partial charge in [0, 0.05) is 0 Å². The van der Waals surface area contributed by atoms with Gasteiger partial charge in [0.2, 0.25) is 0 Å². The monoisotopic (exact) mass is 227 g/mol. The summed E-state index contributed by atoms with van der Waals surface area (Å²) in [6.45, 7) is 0.660. The molecular formula is C10H13NSe. The van der Waals surface area contributed by atoms with Crippen molar-refractivity contribution >= 4 is 20.0 Å². The Morgan fingerprint density at radius 3 is 2.50 bits per heavy atom. The van der Waals surface area contributed by atoms with E-state index in [0.717, 1.165) is 12.8 Å². The Balaban J connectivity index is 2.38. The molecule has 0 aliphatic heterocycles. The van der Waals surface area contributed by atoms with Crippen molar-refractivity contribution < 1.29 is 0 Å². The summed E-state index contributed by atoms with van der Waals surface area (Å²) in [5, 5.41) is 0.